The molecule has 0 saturated carbocycles. The highest BCUT2D eigenvalue weighted by Crippen LogP contribution is 2.41. The Bertz CT molecular complexity index is 1360. The fourth-order valence-corrected chi connectivity index (χ4v) is 5.59. The molecule has 2 N–H and O–H groups in total. The van der Waals surface area contributed by atoms with Gasteiger partial charge in [0.2, 0.25) is 5.88 Å². The highest BCUT2D eigenvalue weighted by Gasteiger charge is 2.38. The predicted octanol–water partition coefficient (Wildman–Crippen LogP) is 5.17. The molecule has 4 rings (SSSR count). The first-order chi connectivity index (χ1) is 18.0. The van der Waals surface area contributed by atoms with Gasteiger partial charge in [0.15, 0.2) is 0 Å². The third kappa shape index (κ3) is 5.79. The SMILES string of the molecule is CCOC(=O)C1=C(CSc2nc3c(cc2C#N)CCCCCC3)OC(N)=C(C#N)[C@H]1c1cccc(F)c1. The van der Waals surface area contributed by atoms with E-state index in [1.165, 1.54) is 36.4 Å². The number of carbonyl (C=O) groups excluding carboxylic acids is 1. The first-order valence-electron chi connectivity index (χ1n) is 12.3. The Morgan fingerprint density at radius 2 is 2.00 bits per heavy atom. The third-order valence-corrected chi connectivity index (χ3v) is 7.39. The number of allylic oxidation sites excluding steroid dienone is 1. The number of hydrogen-bond donors (Lipinski definition) is 1. The number of thioether (sulfide) groups is 1. The Morgan fingerprint density at radius 1 is 1.22 bits per heavy atom. The van der Waals surface area contributed by atoms with Crippen molar-refractivity contribution < 1.29 is 18.7 Å². The molecule has 0 radical (unpaired) electrons. The van der Waals surface area contributed by atoms with E-state index >= 15 is 0 Å². The number of nitriles is 2. The second kappa shape index (κ2) is 11.9. The number of fused-ring (bicyclic) bond motifs is 1. The van der Waals surface area contributed by atoms with Crippen molar-refractivity contribution in [2.24, 2.45) is 5.73 Å². The van der Waals surface area contributed by atoms with Gasteiger partial charge in [0.25, 0.3) is 0 Å². The van der Waals surface area contributed by atoms with E-state index in [4.69, 9.17) is 20.2 Å². The van der Waals surface area contributed by atoms with Crippen molar-refractivity contribution in [2.45, 2.75) is 56.4 Å². The molecule has 190 valence electrons. The number of carbonyl (C=O) groups is 1. The number of ether oxygens (including phenoxy) is 2. The smallest absolute Gasteiger partial charge is 0.338 e. The average Bonchev–Trinajstić information content (AvgIpc) is 2.87. The molecule has 2 heterocycles. The number of nitrogens with two attached hydrogens (primary N) is 1. The molecule has 0 fully saturated rings. The van der Waals surface area contributed by atoms with E-state index in [2.05, 4.69) is 6.07 Å². The molecule has 1 aromatic heterocycles. The molecule has 2 aliphatic rings. The van der Waals surface area contributed by atoms with Gasteiger partial charge < -0.3 is 15.2 Å². The van der Waals surface area contributed by atoms with Gasteiger partial charge >= 0.3 is 5.97 Å². The third-order valence-electron chi connectivity index (χ3n) is 6.40. The Balaban J connectivity index is 1.75. The van der Waals surface area contributed by atoms with Crippen LogP contribution < -0.4 is 5.73 Å². The molecule has 1 aromatic carbocycles. The summed E-state index contributed by atoms with van der Waals surface area (Å²) in [5, 5.41) is 20.2. The summed E-state index contributed by atoms with van der Waals surface area (Å²) in [5.74, 6) is -2.01. The minimum Gasteiger partial charge on any atom is -0.463 e. The highest BCUT2D eigenvalue weighted by molar-refractivity contribution is 7.99. The van der Waals surface area contributed by atoms with Gasteiger partial charge in [-0.05, 0) is 61.9 Å². The fourth-order valence-electron chi connectivity index (χ4n) is 4.67. The first kappa shape index (κ1) is 26.2. The van der Waals surface area contributed by atoms with Gasteiger partial charge in [0.05, 0.1) is 29.4 Å². The number of aryl methyl sites for hydroxylation is 2. The zero-order chi connectivity index (χ0) is 26.4. The van der Waals surface area contributed by atoms with Gasteiger partial charge in [0.1, 0.15) is 34.3 Å². The lowest BCUT2D eigenvalue weighted by Gasteiger charge is -2.28. The number of hydrogen-bond acceptors (Lipinski definition) is 8. The monoisotopic (exact) mass is 518 g/mol. The molecule has 7 nitrogen and oxygen atoms in total. The van der Waals surface area contributed by atoms with Crippen LogP contribution in [0.15, 0.2) is 58.1 Å². The van der Waals surface area contributed by atoms with Crippen LogP contribution in [0.5, 0.6) is 0 Å². The van der Waals surface area contributed by atoms with E-state index in [0.29, 0.717) is 16.2 Å². The van der Waals surface area contributed by atoms with E-state index in [0.717, 1.165) is 43.4 Å². The van der Waals surface area contributed by atoms with Gasteiger partial charge in [-0.25, -0.2) is 14.2 Å². The number of pyridine rings is 1. The van der Waals surface area contributed by atoms with E-state index < -0.39 is 17.7 Å². The summed E-state index contributed by atoms with van der Waals surface area (Å²) in [6.07, 6.45) is 6.20. The summed E-state index contributed by atoms with van der Waals surface area (Å²) >= 11 is 1.25. The van der Waals surface area contributed by atoms with E-state index in [9.17, 15) is 19.7 Å². The van der Waals surface area contributed by atoms with Crippen molar-refractivity contribution in [2.75, 3.05) is 12.4 Å². The lowest BCUT2D eigenvalue weighted by Crippen LogP contribution is -2.27. The van der Waals surface area contributed by atoms with Crippen molar-refractivity contribution >= 4 is 17.7 Å². The maximum Gasteiger partial charge on any atom is 0.338 e. The number of aromatic nitrogens is 1. The number of nitrogens with zero attached hydrogens (tertiary/aromatic N) is 3. The molecule has 0 bridgehead atoms. The van der Waals surface area contributed by atoms with Crippen molar-refractivity contribution in [1.82, 2.24) is 4.98 Å². The standard InChI is InChI=1S/C28H27FN4O3S/c1-2-35-28(34)25-23(36-26(32)21(15-31)24(25)18-9-7-10-20(29)13-18)16-37-27-19(14-30)12-17-8-5-3-4-6-11-22(17)33-27/h7,9-10,12-13,24H,2-6,8,11,16,32H2,1H3/t24-/m1/s1. The Hall–Kier alpha value is -3.82. The molecule has 0 spiro atoms. The number of halogens is 1. The summed E-state index contributed by atoms with van der Waals surface area (Å²) < 4.78 is 25.2. The number of esters is 1. The van der Waals surface area contributed by atoms with Gasteiger partial charge in [0, 0.05) is 5.69 Å². The summed E-state index contributed by atoms with van der Waals surface area (Å²) in [6, 6.07) is 11.8. The van der Waals surface area contributed by atoms with E-state index in [1.54, 1.807) is 13.0 Å². The molecular formula is C28H27FN4O3S. The second-order valence-corrected chi connectivity index (χ2v) is 9.76. The van der Waals surface area contributed by atoms with Crippen LogP contribution >= 0.6 is 11.8 Å². The second-order valence-electron chi connectivity index (χ2n) is 8.80. The van der Waals surface area contributed by atoms with Crippen LogP contribution in [0.2, 0.25) is 0 Å². The molecule has 37 heavy (non-hydrogen) atoms. The van der Waals surface area contributed by atoms with Gasteiger partial charge in [-0.1, -0.05) is 36.7 Å². The van der Waals surface area contributed by atoms with Crippen LogP contribution in [0.4, 0.5) is 4.39 Å². The molecule has 1 aliphatic carbocycles. The highest BCUT2D eigenvalue weighted by atomic mass is 32.2. The minimum absolute atomic E-state index is 0.000613. The zero-order valence-corrected chi connectivity index (χ0v) is 21.4. The first-order valence-corrected chi connectivity index (χ1v) is 13.2. The fraction of sp³-hybridized carbons (Fsp3) is 0.357. The normalized spacial score (nSPS) is 17.6. The lowest BCUT2D eigenvalue weighted by molar-refractivity contribution is -0.139. The quantitative estimate of drug-likeness (QED) is 0.411. The molecule has 1 aliphatic heterocycles. The zero-order valence-electron chi connectivity index (χ0n) is 20.6. The van der Waals surface area contributed by atoms with Crippen molar-refractivity contribution in [3.8, 4) is 12.1 Å². The number of rotatable bonds is 6. The van der Waals surface area contributed by atoms with Crippen molar-refractivity contribution in [1.29, 1.82) is 10.5 Å². The van der Waals surface area contributed by atoms with Crippen LogP contribution in [0.1, 0.15) is 60.9 Å². The summed E-state index contributed by atoms with van der Waals surface area (Å²) in [5.41, 5.74) is 9.13. The summed E-state index contributed by atoms with van der Waals surface area (Å²) in [6.45, 7) is 1.77. The molecule has 0 unspecified atom stereocenters. The Kier molecular flexibility index (Phi) is 8.47. The Morgan fingerprint density at radius 3 is 2.70 bits per heavy atom. The maximum atomic E-state index is 14.1. The lowest BCUT2D eigenvalue weighted by atomic mass is 9.83. The largest absolute Gasteiger partial charge is 0.463 e. The van der Waals surface area contributed by atoms with Crippen LogP contribution in [0.3, 0.4) is 0 Å². The van der Waals surface area contributed by atoms with E-state index in [1.807, 2.05) is 12.1 Å². The van der Waals surface area contributed by atoms with E-state index in [-0.39, 0.29) is 35.1 Å². The predicted molar refractivity (Wildman–Crippen MR) is 136 cm³/mol. The summed E-state index contributed by atoms with van der Waals surface area (Å²) in [7, 11) is 0. The molecule has 1 atom stereocenters. The molecule has 0 amide bonds. The van der Waals surface area contributed by atoms with Crippen molar-refractivity contribution in [3.05, 3.63) is 81.3 Å². The van der Waals surface area contributed by atoms with Crippen LogP contribution in [0.25, 0.3) is 0 Å². The minimum atomic E-state index is -0.955. The Labute approximate surface area is 219 Å². The topological polar surface area (TPSA) is 122 Å². The molecular weight excluding hydrogens is 491 g/mol. The van der Waals surface area contributed by atoms with Crippen LogP contribution in [-0.2, 0) is 27.1 Å². The molecule has 9 heteroatoms. The van der Waals surface area contributed by atoms with Crippen molar-refractivity contribution in [3.63, 3.8) is 0 Å². The van der Waals surface area contributed by atoms with Gasteiger partial charge in [-0.15, -0.1) is 0 Å². The van der Waals surface area contributed by atoms with Gasteiger partial charge in [-0.2, -0.15) is 10.5 Å². The number of benzene rings is 1. The molecule has 2 aromatic rings. The maximum absolute atomic E-state index is 14.1. The summed E-state index contributed by atoms with van der Waals surface area (Å²) in [4.78, 5) is 18.0. The average molecular weight is 519 g/mol. The molecule has 0 saturated heterocycles. The van der Waals surface area contributed by atoms with Gasteiger partial charge in [-0.3, -0.25) is 0 Å². The van der Waals surface area contributed by atoms with Crippen LogP contribution in [-0.4, -0.2) is 23.3 Å². The van der Waals surface area contributed by atoms with Crippen LogP contribution in [0, 0.1) is 28.5 Å².